The summed E-state index contributed by atoms with van der Waals surface area (Å²) in [5, 5.41) is 14.9. The van der Waals surface area contributed by atoms with Crippen molar-refractivity contribution in [2.75, 3.05) is 7.11 Å². The van der Waals surface area contributed by atoms with Crippen LogP contribution in [0.4, 0.5) is 0 Å². The molecule has 1 saturated carbocycles. The van der Waals surface area contributed by atoms with Gasteiger partial charge in [0, 0.05) is 36.1 Å². The van der Waals surface area contributed by atoms with Crippen molar-refractivity contribution in [1.29, 1.82) is 0 Å². The summed E-state index contributed by atoms with van der Waals surface area (Å²) in [7, 11) is 1.64. The van der Waals surface area contributed by atoms with Crippen molar-refractivity contribution in [1.82, 2.24) is 9.88 Å². The van der Waals surface area contributed by atoms with Crippen LogP contribution in [0.15, 0.2) is 48.5 Å². The number of fused-ring (bicyclic) bond motifs is 1. The molecule has 5 nitrogen and oxygen atoms in total. The van der Waals surface area contributed by atoms with Crippen LogP contribution in [-0.4, -0.2) is 28.8 Å². The van der Waals surface area contributed by atoms with E-state index in [1.807, 2.05) is 53.1 Å². The molecule has 0 saturated heterocycles. The summed E-state index contributed by atoms with van der Waals surface area (Å²) in [4.78, 5) is 12.4. The van der Waals surface area contributed by atoms with Gasteiger partial charge >= 0.3 is 5.97 Å². The number of hydrogen-bond acceptors (Lipinski definition) is 3. The Labute approximate surface area is 184 Å². The SMILES string of the molecule is COc1ccc2c(CN[C@@H]3CCC[C@@H](C)[C@@H]3C)c(C(=O)O)n(Cc3ccccc3)c2c1. The molecule has 164 valence electrons. The molecule has 0 aliphatic heterocycles. The van der Waals surface area contributed by atoms with Gasteiger partial charge in [-0.15, -0.1) is 0 Å². The van der Waals surface area contributed by atoms with Crippen LogP contribution in [0.2, 0.25) is 0 Å². The molecule has 0 spiro atoms. The molecule has 1 fully saturated rings. The average Bonchev–Trinajstić information content (AvgIpc) is 3.08. The fourth-order valence-corrected chi connectivity index (χ4v) is 4.98. The van der Waals surface area contributed by atoms with Crippen molar-refractivity contribution >= 4 is 16.9 Å². The molecule has 31 heavy (non-hydrogen) atoms. The van der Waals surface area contributed by atoms with Crippen LogP contribution in [0.3, 0.4) is 0 Å². The Morgan fingerprint density at radius 2 is 1.94 bits per heavy atom. The standard InChI is InChI=1S/C26H32N2O3/c1-17-8-7-11-23(18(17)2)27-15-22-21-13-12-20(31-3)14-24(21)28(25(22)26(29)30)16-19-9-5-4-6-10-19/h4-6,9-10,12-14,17-18,23,27H,7-8,11,15-16H2,1-3H3,(H,29,30)/t17-,18+,23-/m1/s1. The minimum atomic E-state index is -0.895. The van der Waals surface area contributed by atoms with E-state index in [1.165, 1.54) is 12.8 Å². The predicted octanol–water partition coefficient (Wildman–Crippen LogP) is 5.31. The largest absolute Gasteiger partial charge is 0.497 e. The Hall–Kier alpha value is -2.79. The first-order valence-electron chi connectivity index (χ1n) is 11.2. The molecule has 0 unspecified atom stereocenters. The summed E-state index contributed by atoms with van der Waals surface area (Å²) in [6.07, 6.45) is 3.64. The lowest BCUT2D eigenvalue weighted by Gasteiger charge is -2.34. The van der Waals surface area contributed by atoms with E-state index in [0.29, 0.717) is 36.7 Å². The van der Waals surface area contributed by atoms with E-state index in [2.05, 4.69) is 19.2 Å². The number of benzene rings is 2. The van der Waals surface area contributed by atoms with E-state index < -0.39 is 5.97 Å². The van der Waals surface area contributed by atoms with Gasteiger partial charge in [0.15, 0.2) is 0 Å². The molecule has 2 aromatic carbocycles. The van der Waals surface area contributed by atoms with Gasteiger partial charge in [-0.25, -0.2) is 4.79 Å². The van der Waals surface area contributed by atoms with E-state index in [1.54, 1.807) is 7.11 Å². The molecule has 1 aromatic heterocycles. The van der Waals surface area contributed by atoms with E-state index in [4.69, 9.17) is 4.74 Å². The molecule has 4 rings (SSSR count). The van der Waals surface area contributed by atoms with E-state index in [0.717, 1.165) is 34.2 Å². The Kier molecular flexibility index (Phi) is 6.33. The molecule has 1 aliphatic rings. The number of rotatable bonds is 7. The van der Waals surface area contributed by atoms with Crippen LogP contribution in [-0.2, 0) is 13.1 Å². The molecule has 0 bridgehead atoms. The van der Waals surface area contributed by atoms with Crippen LogP contribution in [0.25, 0.3) is 10.9 Å². The number of aromatic carboxylic acids is 1. The highest BCUT2D eigenvalue weighted by molar-refractivity contribution is 5.98. The number of methoxy groups -OCH3 is 1. The van der Waals surface area contributed by atoms with Gasteiger partial charge in [-0.05, 0) is 36.0 Å². The molecule has 5 heteroatoms. The second-order valence-corrected chi connectivity index (χ2v) is 8.84. The van der Waals surface area contributed by atoms with Crippen molar-refractivity contribution in [3.63, 3.8) is 0 Å². The van der Waals surface area contributed by atoms with Gasteiger partial charge in [0.25, 0.3) is 0 Å². The van der Waals surface area contributed by atoms with E-state index >= 15 is 0 Å². The Balaban J connectivity index is 1.76. The monoisotopic (exact) mass is 420 g/mol. The topological polar surface area (TPSA) is 63.5 Å². The molecule has 3 atom stereocenters. The van der Waals surface area contributed by atoms with Gasteiger partial charge in [-0.2, -0.15) is 0 Å². The average molecular weight is 421 g/mol. The van der Waals surface area contributed by atoms with Crippen molar-refractivity contribution in [2.24, 2.45) is 11.8 Å². The number of aromatic nitrogens is 1. The summed E-state index contributed by atoms with van der Waals surface area (Å²) in [6, 6.07) is 16.3. The predicted molar refractivity (Wildman–Crippen MR) is 124 cm³/mol. The second-order valence-electron chi connectivity index (χ2n) is 8.84. The number of carboxylic acid groups (broad SMARTS) is 1. The summed E-state index contributed by atoms with van der Waals surface area (Å²) >= 11 is 0. The number of ether oxygens (including phenoxy) is 1. The fourth-order valence-electron chi connectivity index (χ4n) is 4.98. The van der Waals surface area contributed by atoms with Gasteiger partial charge in [-0.1, -0.05) is 57.0 Å². The van der Waals surface area contributed by atoms with Gasteiger partial charge in [0.2, 0.25) is 0 Å². The quantitative estimate of drug-likeness (QED) is 0.544. The normalized spacial score (nSPS) is 21.3. The number of carbonyl (C=O) groups is 1. The minimum Gasteiger partial charge on any atom is -0.497 e. The Morgan fingerprint density at radius 3 is 2.65 bits per heavy atom. The molecule has 2 N–H and O–H groups in total. The molecule has 1 heterocycles. The molecule has 0 amide bonds. The minimum absolute atomic E-state index is 0.358. The zero-order valence-electron chi connectivity index (χ0n) is 18.6. The maximum atomic E-state index is 12.4. The third kappa shape index (κ3) is 4.33. The third-order valence-electron chi connectivity index (χ3n) is 7.01. The number of nitrogens with one attached hydrogen (secondary N) is 1. The number of hydrogen-bond donors (Lipinski definition) is 2. The Morgan fingerprint density at radius 1 is 1.16 bits per heavy atom. The first-order valence-corrected chi connectivity index (χ1v) is 11.2. The zero-order chi connectivity index (χ0) is 22.0. The van der Waals surface area contributed by atoms with Crippen molar-refractivity contribution < 1.29 is 14.6 Å². The van der Waals surface area contributed by atoms with Crippen LogP contribution in [0.5, 0.6) is 5.75 Å². The highest BCUT2D eigenvalue weighted by atomic mass is 16.5. The maximum Gasteiger partial charge on any atom is 0.352 e. The molecule has 1 aliphatic carbocycles. The van der Waals surface area contributed by atoms with Crippen LogP contribution >= 0.6 is 0 Å². The maximum absolute atomic E-state index is 12.4. The molecule has 3 aromatic rings. The first kappa shape index (κ1) is 21.4. The lowest BCUT2D eigenvalue weighted by molar-refractivity contribution is 0.0684. The van der Waals surface area contributed by atoms with Gasteiger partial charge < -0.3 is 19.7 Å². The van der Waals surface area contributed by atoms with Crippen LogP contribution in [0.1, 0.15) is 54.7 Å². The van der Waals surface area contributed by atoms with E-state index in [9.17, 15) is 9.90 Å². The fraction of sp³-hybridized carbons (Fsp3) is 0.423. The zero-order valence-corrected chi connectivity index (χ0v) is 18.6. The summed E-state index contributed by atoms with van der Waals surface area (Å²) in [6.45, 7) is 5.68. The lowest BCUT2D eigenvalue weighted by atomic mass is 9.78. The van der Waals surface area contributed by atoms with Gasteiger partial charge in [0.05, 0.1) is 12.6 Å². The van der Waals surface area contributed by atoms with Crippen molar-refractivity contribution in [2.45, 2.75) is 52.2 Å². The number of nitrogens with zero attached hydrogens (tertiary/aromatic N) is 1. The summed E-state index contributed by atoms with van der Waals surface area (Å²) in [5.41, 5.74) is 3.17. The molecular weight excluding hydrogens is 388 g/mol. The molecule has 0 radical (unpaired) electrons. The number of carboxylic acids is 1. The van der Waals surface area contributed by atoms with Gasteiger partial charge in [0.1, 0.15) is 11.4 Å². The van der Waals surface area contributed by atoms with Crippen LogP contribution < -0.4 is 10.1 Å². The Bertz CT molecular complexity index is 1060. The first-order chi connectivity index (χ1) is 15.0. The molecular formula is C26H32N2O3. The highest BCUT2D eigenvalue weighted by Gasteiger charge is 2.28. The summed E-state index contributed by atoms with van der Waals surface area (Å²) < 4.78 is 7.36. The smallest absolute Gasteiger partial charge is 0.352 e. The summed E-state index contributed by atoms with van der Waals surface area (Å²) in [5.74, 6) is 1.10. The van der Waals surface area contributed by atoms with Gasteiger partial charge in [-0.3, -0.25) is 0 Å². The van der Waals surface area contributed by atoms with Crippen molar-refractivity contribution in [3.05, 3.63) is 65.4 Å². The lowest BCUT2D eigenvalue weighted by Crippen LogP contribution is -2.40. The van der Waals surface area contributed by atoms with E-state index in [-0.39, 0.29) is 0 Å². The van der Waals surface area contributed by atoms with Crippen molar-refractivity contribution in [3.8, 4) is 5.75 Å². The third-order valence-corrected chi connectivity index (χ3v) is 7.01. The second kappa shape index (κ2) is 9.15. The van der Waals surface area contributed by atoms with Crippen LogP contribution in [0, 0.1) is 11.8 Å². The highest BCUT2D eigenvalue weighted by Crippen LogP contribution is 2.33.